The molecule has 0 aliphatic rings. The molecule has 0 N–H and O–H groups in total. The minimum absolute atomic E-state index is 0.273. The molecule has 1 unspecified atom stereocenters. The van der Waals surface area contributed by atoms with Crippen molar-refractivity contribution in [2.75, 3.05) is 31.8 Å². The molecule has 0 aliphatic carbocycles. The van der Waals surface area contributed by atoms with Gasteiger partial charge in [0.2, 0.25) is 15.9 Å². The molecular weight excluding hydrogens is 428 g/mol. The number of nitrogens with zero attached hydrogens (tertiary/aromatic N) is 2. The van der Waals surface area contributed by atoms with Crippen LogP contribution in [0.1, 0.15) is 18.1 Å². The lowest BCUT2D eigenvalue weighted by molar-refractivity contribution is -0.131. The van der Waals surface area contributed by atoms with Gasteiger partial charge < -0.3 is 14.4 Å². The van der Waals surface area contributed by atoms with Crippen LogP contribution in [0.15, 0.2) is 36.4 Å². The fraction of sp³-hybridized carbons (Fsp3) is 0.381. The molecule has 9 heteroatoms. The summed E-state index contributed by atoms with van der Waals surface area (Å²) in [4.78, 5) is 14.6. The third-order valence-corrected chi connectivity index (χ3v) is 6.18. The van der Waals surface area contributed by atoms with E-state index in [0.29, 0.717) is 27.8 Å². The monoisotopic (exact) mass is 454 g/mol. The molecule has 0 radical (unpaired) electrons. The molecule has 164 valence electrons. The Morgan fingerprint density at radius 2 is 1.73 bits per heavy atom. The number of hydrogen-bond acceptors (Lipinski definition) is 5. The molecule has 2 aromatic carbocycles. The van der Waals surface area contributed by atoms with Crippen LogP contribution in [0.4, 0.5) is 5.69 Å². The van der Waals surface area contributed by atoms with Gasteiger partial charge in [0, 0.05) is 18.6 Å². The number of amides is 1. The van der Waals surface area contributed by atoms with E-state index in [1.165, 1.54) is 12.0 Å². The second-order valence-corrected chi connectivity index (χ2v) is 9.35. The molecule has 0 heterocycles. The maximum atomic E-state index is 13.1. The maximum Gasteiger partial charge on any atom is 0.246 e. The van der Waals surface area contributed by atoms with Crippen molar-refractivity contribution in [2.45, 2.75) is 26.4 Å². The number of halogens is 1. The Labute approximate surface area is 183 Å². The van der Waals surface area contributed by atoms with Gasteiger partial charge in [-0.2, -0.15) is 0 Å². The maximum absolute atomic E-state index is 13.1. The van der Waals surface area contributed by atoms with Crippen LogP contribution in [0.2, 0.25) is 5.02 Å². The van der Waals surface area contributed by atoms with Gasteiger partial charge in [0.1, 0.15) is 6.04 Å². The summed E-state index contributed by atoms with van der Waals surface area (Å²) < 4.78 is 36.8. The first-order chi connectivity index (χ1) is 14.0. The summed E-state index contributed by atoms with van der Waals surface area (Å²) in [6, 6.07) is 9.36. The van der Waals surface area contributed by atoms with Crippen molar-refractivity contribution in [1.82, 2.24) is 4.90 Å². The molecule has 0 aliphatic heterocycles. The number of ether oxygens (including phenoxy) is 2. The number of methoxy groups -OCH3 is 2. The Hall–Kier alpha value is -2.45. The number of benzene rings is 2. The molecule has 1 atom stereocenters. The summed E-state index contributed by atoms with van der Waals surface area (Å²) >= 11 is 6.08. The third-order valence-electron chi connectivity index (χ3n) is 4.72. The van der Waals surface area contributed by atoms with Crippen molar-refractivity contribution in [3.63, 3.8) is 0 Å². The van der Waals surface area contributed by atoms with Crippen molar-refractivity contribution in [3.8, 4) is 11.5 Å². The molecule has 2 rings (SSSR count). The number of aryl methyl sites for hydroxylation is 1. The average Bonchev–Trinajstić information content (AvgIpc) is 2.68. The number of carbonyl (C=O) groups is 1. The Balaban J connectivity index is 2.32. The largest absolute Gasteiger partial charge is 0.493 e. The second kappa shape index (κ2) is 9.57. The van der Waals surface area contributed by atoms with Crippen molar-refractivity contribution < 1.29 is 22.7 Å². The van der Waals surface area contributed by atoms with E-state index >= 15 is 0 Å². The first kappa shape index (κ1) is 23.8. The molecule has 0 saturated heterocycles. The smallest absolute Gasteiger partial charge is 0.246 e. The fourth-order valence-corrected chi connectivity index (χ4v) is 4.63. The average molecular weight is 455 g/mol. The standard InChI is InChI=1S/C21H27ClN2O5S/c1-14-7-9-17(22)12-18(14)24(30(6,26)27)15(2)21(25)23(3)13-16-8-10-19(28-4)20(11-16)29-5/h7-12,15H,13H2,1-6H3. The van der Waals surface area contributed by atoms with Crippen molar-refractivity contribution in [3.05, 3.63) is 52.5 Å². The minimum atomic E-state index is -3.74. The minimum Gasteiger partial charge on any atom is -0.493 e. The quantitative estimate of drug-likeness (QED) is 0.610. The highest BCUT2D eigenvalue weighted by atomic mass is 35.5. The van der Waals surface area contributed by atoms with Crippen molar-refractivity contribution in [1.29, 1.82) is 0 Å². The van der Waals surface area contributed by atoms with Gasteiger partial charge in [-0.15, -0.1) is 0 Å². The van der Waals surface area contributed by atoms with Crippen LogP contribution in [-0.2, 0) is 21.4 Å². The third kappa shape index (κ3) is 5.37. The van der Waals surface area contributed by atoms with Gasteiger partial charge in [0.25, 0.3) is 0 Å². The zero-order chi connectivity index (χ0) is 22.6. The fourth-order valence-electron chi connectivity index (χ4n) is 3.24. The lowest BCUT2D eigenvalue weighted by Gasteiger charge is -2.32. The predicted molar refractivity (Wildman–Crippen MR) is 119 cm³/mol. The molecule has 30 heavy (non-hydrogen) atoms. The Bertz CT molecular complexity index is 1030. The summed E-state index contributed by atoms with van der Waals surface area (Å²) in [5, 5.41) is 0.391. The lowest BCUT2D eigenvalue weighted by Crippen LogP contribution is -2.48. The highest BCUT2D eigenvalue weighted by Crippen LogP contribution is 2.30. The van der Waals surface area contributed by atoms with E-state index in [9.17, 15) is 13.2 Å². The van der Waals surface area contributed by atoms with Crippen LogP contribution in [0.25, 0.3) is 0 Å². The van der Waals surface area contributed by atoms with E-state index in [2.05, 4.69) is 0 Å². The normalized spacial score (nSPS) is 12.2. The summed E-state index contributed by atoms with van der Waals surface area (Å²) in [5.74, 6) is 0.786. The summed E-state index contributed by atoms with van der Waals surface area (Å²) in [7, 11) is 0.975. The van der Waals surface area contributed by atoms with Crippen LogP contribution in [0, 0.1) is 6.92 Å². The summed E-state index contributed by atoms with van der Waals surface area (Å²) in [6.45, 7) is 3.61. The van der Waals surface area contributed by atoms with Gasteiger partial charge in [-0.25, -0.2) is 8.42 Å². The Morgan fingerprint density at radius 1 is 1.10 bits per heavy atom. The highest BCUT2D eigenvalue weighted by Gasteiger charge is 2.32. The van der Waals surface area contributed by atoms with E-state index in [4.69, 9.17) is 21.1 Å². The Kier molecular flexibility index (Phi) is 7.60. The molecular formula is C21H27ClN2O5S. The van der Waals surface area contributed by atoms with E-state index in [-0.39, 0.29) is 12.5 Å². The van der Waals surface area contributed by atoms with Gasteiger partial charge in [-0.05, 0) is 49.2 Å². The van der Waals surface area contributed by atoms with E-state index in [1.54, 1.807) is 58.3 Å². The Morgan fingerprint density at radius 3 is 2.30 bits per heavy atom. The predicted octanol–water partition coefficient (Wildman–Crippen LogP) is 3.48. The SMILES string of the molecule is COc1ccc(CN(C)C(=O)C(C)N(c2cc(Cl)ccc2C)S(C)(=O)=O)cc1OC. The molecule has 2 aromatic rings. The molecule has 0 fully saturated rings. The molecule has 0 saturated carbocycles. The van der Waals surface area contributed by atoms with Crippen LogP contribution >= 0.6 is 11.6 Å². The summed E-state index contributed by atoms with van der Waals surface area (Å²) in [5.41, 5.74) is 1.90. The van der Waals surface area contributed by atoms with Crippen molar-refractivity contribution >= 4 is 33.2 Å². The number of sulfonamides is 1. The molecule has 0 spiro atoms. The van der Waals surface area contributed by atoms with Crippen LogP contribution < -0.4 is 13.8 Å². The van der Waals surface area contributed by atoms with Gasteiger partial charge in [-0.1, -0.05) is 23.7 Å². The van der Waals surface area contributed by atoms with Gasteiger partial charge >= 0.3 is 0 Å². The lowest BCUT2D eigenvalue weighted by atomic mass is 10.1. The number of rotatable bonds is 8. The van der Waals surface area contributed by atoms with Gasteiger partial charge in [0.15, 0.2) is 11.5 Å². The molecule has 0 aromatic heterocycles. The number of anilines is 1. The first-order valence-electron chi connectivity index (χ1n) is 9.21. The number of hydrogen-bond donors (Lipinski definition) is 0. The molecule has 7 nitrogen and oxygen atoms in total. The highest BCUT2D eigenvalue weighted by molar-refractivity contribution is 7.92. The zero-order valence-electron chi connectivity index (χ0n) is 18.0. The molecule has 1 amide bonds. The number of carbonyl (C=O) groups excluding carboxylic acids is 1. The molecule has 0 bridgehead atoms. The van der Waals surface area contributed by atoms with E-state index in [0.717, 1.165) is 16.1 Å². The summed E-state index contributed by atoms with van der Waals surface area (Å²) in [6.07, 6.45) is 1.07. The van der Waals surface area contributed by atoms with E-state index < -0.39 is 16.1 Å². The first-order valence-corrected chi connectivity index (χ1v) is 11.4. The van der Waals surface area contributed by atoms with Crippen LogP contribution in [0.5, 0.6) is 11.5 Å². The van der Waals surface area contributed by atoms with E-state index in [1.807, 2.05) is 6.07 Å². The van der Waals surface area contributed by atoms with Crippen molar-refractivity contribution in [2.24, 2.45) is 0 Å². The number of likely N-dealkylation sites (N-methyl/N-ethyl adjacent to an activating group) is 1. The van der Waals surface area contributed by atoms with Gasteiger partial charge in [0.05, 0.1) is 26.2 Å². The second-order valence-electron chi connectivity index (χ2n) is 7.05. The van der Waals surface area contributed by atoms with Crippen LogP contribution in [-0.4, -0.2) is 52.8 Å². The zero-order valence-corrected chi connectivity index (χ0v) is 19.5. The van der Waals surface area contributed by atoms with Crippen LogP contribution in [0.3, 0.4) is 0 Å². The topological polar surface area (TPSA) is 76.2 Å². The van der Waals surface area contributed by atoms with Gasteiger partial charge in [-0.3, -0.25) is 9.10 Å².